The molecule has 2 saturated heterocycles. The number of hydrogen-bond donors (Lipinski definition) is 3. The van der Waals surface area contributed by atoms with Crippen LogP contribution in [0.5, 0.6) is 5.75 Å². The van der Waals surface area contributed by atoms with Crippen LogP contribution in [0.25, 0.3) is 0 Å². The summed E-state index contributed by atoms with van der Waals surface area (Å²) in [5.74, 6) is -0.999. The lowest BCUT2D eigenvalue weighted by atomic mass is 10.0. The molecule has 37 heavy (non-hydrogen) atoms. The molecule has 2 fully saturated rings. The van der Waals surface area contributed by atoms with Gasteiger partial charge in [0.2, 0.25) is 5.91 Å². The number of benzene rings is 2. The smallest absolute Gasteiger partial charge is 0.410 e. The second-order valence-electron chi connectivity index (χ2n) is 9.39. The van der Waals surface area contributed by atoms with Crippen LogP contribution in [0.2, 0.25) is 0 Å². The Bertz CT molecular complexity index is 1110. The fourth-order valence-corrected chi connectivity index (χ4v) is 4.95. The first-order valence-corrected chi connectivity index (χ1v) is 12.7. The summed E-state index contributed by atoms with van der Waals surface area (Å²) < 4.78 is 20.8. The summed E-state index contributed by atoms with van der Waals surface area (Å²) >= 11 is 5.18. The highest BCUT2D eigenvalue weighted by Gasteiger charge is 2.36. The van der Waals surface area contributed by atoms with Crippen LogP contribution in [0.4, 0.5) is 14.9 Å². The molecule has 0 spiro atoms. The molecule has 0 saturated carbocycles. The predicted octanol–water partition coefficient (Wildman–Crippen LogP) is 2.98. The SMILES string of the molecule is CN1CCC(N2CCN(C(=O)O)C(Oc3ccc(NC(=S)NC(=O)Cc4ccccc4)cc3F)C2)CC1. The quantitative estimate of drug-likeness (QED) is 0.492. The zero-order valence-electron chi connectivity index (χ0n) is 20.7. The molecule has 1 unspecified atom stereocenters. The molecule has 9 nitrogen and oxygen atoms in total. The van der Waals surface area contributed by atoms with Crippen molar-refractivity contribution in [3.05, 3.63) is 59.9 Å². The Morgan fingerprint density at radius 1 is 1.11 bits per heavy atom. The number of carbonyl (C=O) groups excluding carboxylic acids is 1. The van der Waals surface area contributed by atoms with E-state index in [1.165, 1.54) is 17.0 Å². The highest BCUT2D eigenvalue weighted by molar-refractivity contribution is 7.80. The fraction of sp³-hybridized carbons (Fsp3) is 0.423. The first-order chi connectivity index (χ1) is 17.8. The summed E-state index contributed by atoms with van der Waals surface area (Å²) in [6.07, 6.45) is 0.264. The molecule has 198 valence electrons. The summed E-state index contributed by atoms with van der Waals surface area (Å²) in [5, 5.41) is 15.1. The molecular weight excluding hydrogens is 497 g/mol. The van der Waals surface area contributed by atoms with E-state index in [-0.39, 0.29) is 23.2 Å². The van der Waals surface area contributed by atoms with Crippen LogP contribution in [0, 0.1) is 5.82 Å². The van der Waals surface area contributed by atoms with Crippen LogP contribution in [-0.4, -0.2) is 89.0 Å². The first-order valence-electron chi connectivity index (χ1n) is 12.3. The minimum Gasteiger partial charge on any atom is -0.466 e. The predicted molar refractivity (Wildman–Crippen MR) is 142 cm³/mol. The van der Waals surface area contributed by atoms with Crippen LogP contribution in [-0.2, 0) is 11.2 Å². The maximum atomic E-state index is 14.9. The Kier molecular flexibility index (Phi) is 8.91. The minimum absolute atomic E-state index is 0.0482. The van der Waals surface area contributed by atoms with E-state index in [0.29, 0.717) is 31.4 Å². The first kappa shape index (κ1) is 26.8. The van der Waals surface area contributed by atoms with E-state index >= 15 is 0 Å². The Balaban J connectivity index is 1.35. The normalized spacial score (nSPS) is 19.3. The second kappa shape index (κ2) is 12.3. The molecule has 0 radical (unpaired) electrons. The van der Waals surface area contributed by atoms with Crippen LogP contribution in [0.1, 0.15) is 18.4 Å². The van der Waals surface area contributed by atoms with Crippen LogP contribution in [0.15, 0.2) is 48.5 Å². The number of halogens is 1. The van der Waals surface area contributed by atoms with Crippen molar-refractivity contribution in [2.24, 2.45) is 0 Å². The molecule has 2 aliphatic rings. The number of hydrogen-bond acceptors (Lipinski definition) is 6. The average Bonchev–Trinajstić information content (AvgIpc) is 2.86. The number of likely N-dealkylation sites (tertiary alicyclic amines) is 1. The lowest BCUT2D eigenvalue weighted by Gasteiger charge is -2.44. The van der Waals surface area contributed by atoms with Gasteiger partial charge < -0.3 is 25.4 Å². The lowest BCUT2D eigenvalue weighted by Crippen LogP contribution is -2.60. The molecule has 11 heteroatoms. The van der Waals surface area contributed by atoms with Gasteiger partial charge in [-0.05, 0) is 62.9 Å². The number of carbonyl (C=O) groups is 2. The average molecular weight is 530 g/mol. The van der Waals surface area contributed by atoms with E-state index in [9.17, 15) is 19.1 Å². The minimum atomic E-state index is -1.09. The number of piperidine rings is 1. The zero-order valence-corrected chi connectivity index (χ0v) is 21.5. The monoisotopic (exact) mass is 529 g/mol. The number of anilines is 1. The van der Waals surface area contributed by atoms with Crippen LogP contribution in [0.3, 0.4) is 0 Å². The molecule has 3 N–H and O–H groups in total. The summed E-state index contributed by atoms with van der Waals surface area (Å²) in [6, 6.07) is 13.8. The molecule has 2 aliphatic heterocycles. The number of ether oxygens (including phenoxy) is 1. The van der Waals surface area contributed by atoms with Crippen molar-refractivity contribution < 1.29 is 23.8 Å². The van der Waals surface area contributed by atoms with Crippen molar-refractivity contribution >= 4 is 35.0 Å². The third-order valence-corrected chi connectivity index (χ3v) is 6.93. The van der Waals surface area contributed by atoms with Crippen LogP contribution >= 0.6 is 12.2 Å². The molecule has 2 heterocycles. The van der Waals surface area contributed by atoms with Crippen LogP contribution < -0.4 is 15.4 Å². The van der Waals surface area contributed by atoms with E-state index in [4.69, 9.17) is 17.0 Å². The third kappa shape index (κ3) is 7.37. The van der Waals surface area contributed by atoms with Gasteiger partial charge in [-0.25, -0.2) is 9.18 Å². The van der Waals surface area contributed by atoms with Gasteiger partial charge in [0.1, 0.15) is 0 Å². The highest BCUT2D eigenvalue weighted by Crippen LogP contribution is 2.26. The second-order valence-corrected chi connectivity index (χ2v) is 9.80. The maximum absolute atomic E-state index is 14.9. The van der Waals surface area contributed by atoms with Gasteiger partial charge in [0, 0.05) is 30.9 Å². The Morgan fingerprint density at radius 2 is 1.84 bits per heavy atom. The van der Waals surface area contributed by atoms with Gasteiger partial charge >= 0.3 is 6.09 Å². The summed E-state index contributed by atoms with van der Waals surface area (Å²) in [7, 11) is 2.09. The van der Waals surface area contributed by atoms with Gasteiger partial charge in [0.05, 0.1) is 13.0 Å². The summed E-state index contributed by atoms with van der Waals surface area (Å²) in [5.41, 5.74) is 1.18. The van der Waals surface area contributed by atoms with Gasteiger partial charge in [-0.2, -0.15) is 0 Å². The molecule has 2 aromatic carbocycles. The summed E-state index contributed by atoms with van der Waals surface area (Å²) in [6.45, 7) is 3.28. The molecular formula is C26H32FN5O4S. The molecule has 0 aliphatic carbocycles. The standard InChI is InChI=1S/C26H32FN5O4S/c1-30-11-9-20(10-12-30)31-13-14-32(26(34)35)24(17-31)36-22-8-7-19(16-21(22)27)28-25(37)29-23(33)15-18-5-3-2-4-6-18/h2-8,16,20,24H,9-15,17H2,1H3,(H,34,35)(H2,28,29,33,37). The van der Waals surface area contributed by atoms with Crippen molar-refractivity contribution in [1.82, 2.24) is 20.0 Å². The Morgan fingerprint density at radius 3 is 2.51 bits per heavy atom. The molecule has 2 amide bonds. The fourth-order valence-electron chi connectivity index (χ4n) is 4.72. The topological polar surface area (TPSA) is 97.4 Å². The van der Waals surface area contributed by atoms with E-state index in [2.05, 4.69) is 27.5 Å². The van der Waals surface area contributed by atoms with Crippen molar-refractivity contribution in [3.8, 4) is 5.75 Å². The molecule has 0 aromatic heterocycles. The molecule has 2 aromatic rings. The van der Waals surface area contributed by atoms with Gasteiger partial charge in [0.25, 0.3) is 0 Å². The number of nitrogens with one attached hydrogen (secondary N) is 2. The molecule has 0 bridgehead atoms. The van der Waals surface area contributed by atoms with Gasteiger partial charge in [-0.1, -0.05) is 30.3 Å². The van der Waals surface area contributed by atoms with E-state index in [0.717, 1.165) is 31.5 Å². The number of thiocarbonyl (C=S) groups is 1. The Hall–Kier alpha value is -3.28. The van der Waals surface area contributed by atoms with Crippen molar-refractivity contribution in [2.75, 3.05) is 45.1 Å². The number of carboxylic acid groups (broad SMARTS) is 1. The Labute approximate surface area is 221 Å². The molecule has 4 rings (SSSR count). The number of piperazine rings is 1. The highest BCUT2D eigenvalue weighted by atomic mass is 32.1. The van der Waals surface area contributed by atoms with Gasteiger partial charge in [0.15, 0.2) is 22.9 Å². The van der Waals surface area contributed by atoms with E-state index in [1.54, 1.807) is 6.07 Å². The number of nitrogens with zero attached hydrogens (tertiary/aromatic N) is 3. The largest absolute Gasteiger partial charge is 0.466 e. The van der Waals surface area contributed by atoms with Gasteiger partial charge in [-0.15, -0.1) is 0 Å². The third-order valence-electron chi connectivity index (χ3n) is 6.73. The van der Waals surface area contributed by atoms with Crippen molar-refractivity contribution in [2.45, 2.75) is 31.5 Å². The maximum Gasteiger partial charge on any atom is 0.410 e. The van der Waals surface area contributed by atoms with E-state index < -0.39 is 18.1 Å². The zero-order chi connectivity index (χ0) is 26.4. The number of rotatable bonds is 6. The molecule has 1 atom stereocenters. The van der Waals surface area contributed by atoms with E-state index in [1.807, 2.05) is 30.3 Å². The van der Waals surface area contributed by atoms with Crippen molar-refractivity contribution in [3.63, 3.8) is 0 Å². The number of amides is 2. The van der Waals surface area contributed by atoms with Crippen molar-refractivity contribution in [1.29, 1.82) is 0 Å². The lowest BCUT2D eigenvalue weighted by molar-refractivity contribution is -0.119. The summed E-state index contributed by atoms with van der Waals surface area (Å²) in [4.78, 5) is 29.8. The van der Waals surface area contributed by atoms with Gasteiger partial charge in [-0.3, -0.25) is 14.6 Å².